The molecule has 0 heterocycles. The molecule has 0 saturated carbocycles. The van der Waals surface area contributed by atoms with E-state index in [0.717, 1.165) is 25.9 Å². The Morgan fingerprint density at radius 1 is 0.882 bits per heavy atom. The molecule has 0 bridgehead atoms. The van der Waals surface area contributed by atoms with Gasteiger partial charge in [0.2, 0.25) is 0 Å². The molecule has 0 aromatic carbocycles. The molecule has 0 spiro atoms. The highest BCUT2D eigenvalue weighted by molar-refractivity contribution is 4.71. The van der Waals surface area contributed by atoms with Crippen molar-refractivity contribution in [1.29, 1.82) is 0 Å². The van der Waals surface area contributed by atoms with Crippen LogP contribution >= 0.6 is 0 Å². The molecule has 0 aliphatic rings. The van der Waals surface area contributed by atoms with Crippen molar-refractivity contribution in [2.24, 2.45) is 5.73 Å². The molecule has 0 saturated heterocycles. The van der Waals surface area contributed by atoms with Crippen molar-refractivity contribution in [2.45, 2.75) is 90.7 Å². The predicted molar refractivity (Wildman–Crippen MR) is 76.3 cm³/mol. The van der Waals surface area contributed by atoms with Crippen molar-refractivity contribution in [2.75, 3.05) is 6.61 Å². The SMILES string of the molecule is CCCCCC(C)(C)OCCCCC(C)(C)N. The molecule has 0 aromatic heterocycles. The number of hydrogen-bond donors (Lipinski definition) is 1. The summed E-state index contributed by atoms with van der Waals surface area (Å²) in [5, 5.41) is 0. The van der Waals surface area contributed by atoms with Gasteiger partial charge in [-0.15, -0.1) is 0 Å². The normalized spacial score (nSPS) is 13.1. The first kappa shape index (κ1) is 16.9. The first-order chi connectivity index (χ1) is 7.77. The zero-order valence-corrected chi connectivity index (χ0v) is 12.6. The third-order valence-electron chi connectivity index (χ3n) is 3.09. The van der Waals surface area contributed by atoms with Crippen LogP contribution in [0.4, 0.5) is 0 Å². The van der Waals surface area contributed by atoms with Gasteiger partial charge >= 0.3 is 0 Å². The topological polar surface area (TPSA) is 35.2 Å². The van der Waals surface area contributed by atoms with Crippen LogP contribution in [0.25, 0.3) is 0 Å². The lowest BCUT2D eigenvalue weighted by Crippen LogP contribution is -2.31. The Kier molecular flexibility index (Phi) is 8.06. The van der Waals surface area contributed by atoms with E-state index in [1.54, 1.807) is 0 Å². The van der Waals surface area contributed by atoms with E-state index < -0.39 is 0 Å². The summed E-state index contributed by atoms with van der Waals surface area (Å²) in [6.07, 6.45) is 8.40. The summed E-state index contributed by atoms with van der Waals surface area (Å²) in [4.78, 5) is 0. The Bertz CT molecular complexity index is 182. The maximum absolute atomic E-state index is 5.95. The molecule has 2 heteroatoms. The monoisotopic (exact) mass is 243 g/mol. The van der Waals surface area contributed by atoms with Gasteiger partial charge in [0.05, 0.1) is 5.60 Å². The zero-order chi connectivity index (χ0) is 13.4. The van der Waals surface area contributed by atoms with E-state index in [1.807, 2.05) is 0 Å². The summed E-state index contributed by atoms with van der Waals surface area (Å²) in [7, 11) is 0. The van der Waals surface area contributed by atoms with Gasteiger partial charge in [0.25, 0.3) is 0 Å². The molecule has 0 rings (SSSR count). The van der Waals surface area contributed by atoms with Crippen LogP contribution < -0.4 is 5.73 Å². The fraction of sp³-hybridized carbons (Fsp3) is 1.00. The largest absolute Gasteiger partial charge is 0.376 e. The van der Waals surface area contributed by atoms with Crippen molar-refractivity contribution in [1.82, 2.24) is 0 Å². The van der Waals surface area contributed by atoms with Crippen molar-refractivity contribution in [3.8, 4) is 0 Å². The molecule has 0 unspecified atom stereocenters. The number of unbranched alkanes of at least 4 members (excludes halogenated alkanes) is 3. The minimum Gasteiger partial charge on any atom is -0.376 e. The van der Waals surface area contributed by atoms with Crippen LogP contribution in [-0.4, -0.2) is 17.7 Å². The number of ether oxygens (including phenoxy) is 1. The van der Waals surface area contributed by atoms with Crippen LogP contribution in [0.15, 0.2) is 0 Å². The fourth-order valence-electron chi connectivity index (χ4n) is 1.90. The number of hydrogen-bond acceptors (Lipinski definition) is 2. The molecule has 104 valence electrons. The molecule has 0 aromatic rings. The Labute approximate surface area is 108 Å². The Morgan fingerprint density at radius 2 is 1.47 bits per heavy atom. The van der Waals surface area contributed by atoms with Crippen molar-refractivity contribution >= 4 is 0 Å². The maximum atomic E-state index is 5.95. The predicted octanol–water partition coefficient (Wildman–Crippen LogP) is 4.27. The van der Waals surface area contributed by atoms with Gasteiger partial charge in [0.15, 0.2) is 0 Å². The molecular weight excluding hydrogens is 210 g/mol. The molecular formula is C15H33NO. The first-order valence-corrected chi connectivity index (χ1v) is 7.20. The van der Waals surface area contributed by atoms with Crippen molar-refractivity contribution < 1.29 is 4.74 Å². The molecule has 0 fully saturated rings. The number of nitrogens with two attached hydrogens (primary N) is 1. The average Bonchev–Trinajstić information content (AvgIpc) is 2.15. The van der Waals surface area contributed by atoms with Crippen LogP contribution in [0.2, 0.25) is 0 Å². The van der Waals surface area contributed by atoms with Gasteiger partial charge < -0.3 is 10.5 Å². The lowest BCUT2D eigenvalue weighted by Gasteiger charge is -2.26. The Morgan fingerprint density at radius 3 is 2.00 bits per heavy atom. The second kappa shape index (κ2) is 8.10. The van der Waals surface area contributed by atoms with Gasteiger partial charge in [-0.1, -0.05) is 26.2 Å². The highest BCUT2D eigenvalue weighted by Crippen LogP contribution is 2.19. The second-order valence-electron chi connectivity index (χ2n) is 6.51. The smallest absolute Gasteiger partial charge is 0.0626 e. The van der Waals surface area contributed by atoms with Gasteiger partial charge in [0.1, 0.15) is 0 Å². The molecule has 0 amide bonds. The van der Waals surface area contributed by atoms with E-state index in [-0.39, 0.29) is 11.1 Å². The van der Waals surface area contributed by atoms with Crippen molar-refractivity contribution in [3.63, 3.8) is 0 Å². The van der Waals surface area contributed by atoms with Gasteiger partial charge in [0, 0.05) is 12.1 Å². The minimum absolute atomic E-state index is 0.0311. The summed E-state index contributed by atoms with van der Waals surface area (Å²) in [6.45, 7) is 11.7. The van der Waals surface area contributed by atoms with Gasteiger partial charge in [-0.3, -0.25) is 0 Å². The standard InChI is InChI=1S/C15H33NO/c1-6-7-8-12-15(4,5)17-13-10-9-11-14(2,3)16/h6-13,16H2,1-5H3. The zero-order valence-electron chi connectivity index (χ0n) is 12.6. The van der Waals surface area contributed by atoms with E-state index in [1.165, 1.54) is 25.7 Å². The third-order valence-corrected chi connectivity index (χ3v) is 3.09. The van der Waals surface area contributed by atoms with E-state index >= 15 is 0 Å². The third kappa shape index (κ3) is 12.2. The summed E-state index contributed by atoms with van der Waals surface area (Å²) in [5.41, 5.74) is 5.96. The highest BCUT2D eigenvalue weighted by Gasteiger charge is 2.17. The molecule has 17 heavy (non-hydrogen) atoms. The Hall–Kier alpha value is -0.0800. The highest BCUT2D eigenvalue weighted by atomic mass is 16.5. The minimum atomic E-state index is -0.0311. The van der Waals surface area contributed by atoms with Gasteiger partial charge in [-0.05, 0) is 53.4 Å². The summed E-state index contributed by atoms with van der Waals surface area (Å²) < 4.78 is 5.95. The molecule has 0 atom stereocenters. The maximum Gasteiger partial charge on any atom is 0.0626 e. The van der Waals surface area contributed by atoms with Gasteiger partial charge in [-0.25, -0.2) is 0 Å². The molecule has 0 aliphatic heterocycles. The molecule has 0 aliphatic carbocycles. The first-order valence-electron chi connectivity index (χ1n) is 7.20. The van der Waals surface area contributed by atoms with E-state index in [9.17, 15) is 0 Å². The molecule has 2 N–H and O–H groups in total. The second-order valence-corrected chi connectivity index (χ2v) is 6.51. The fourth-order valence-corrected chi connectivity index (χ4v) is 1.90. The van der Waals surface area contributed by atoms with E-state index in [0.29, 0.717) is 0 Å². The lowest BCUT2D eigenvalue weighted by atomic mass is 9.98. The van der Waals surface area contributed by atoms with Crippen LogP contribution in [0.1, 0.15) is 79.6 Å². The summed E-state index contributed by atoms with van der Waals surface area (Å²) in [5.74, 6) is 0. The summed E-state index contributed by atoms with van der Waals surface area (Å²) in [6, 6.07) is 0. The quantitative estimate of drug-likeness (QED) is 0.582. The van der Waals surface area contributed by atoms with Crippen LogP contribution in [0, 0.1) is 0 Å². The van der Waals surface area contributed by atoms with E-state index in [4.69, 9.17) is 10.5 Å². The lowest BCUT2D eigenvalue weighted by molar-refractivity contribution is -0.0268. The van der Waals surface area contributed by atoms with Crippen LogP contribution in [0.3, 0.4) is 0 Å². The Balaban J connectivity index is 3.51. The van der Waals surface area contributed by atoms with Gasteiger partial charge in [-0.2, -0.15) is 0 Å². The van der Waals surface area contributed by atoms with E-state index in [2.05, 4.69) is 34.6 Å². The number of rotatable bonds is 10. The molecule has 0 radical (unpaired) electrons. The average molecular weight is 243 g/mol. The van der Waals surface area contributed by atoms with Crippen LogP contribution in [0.5, 0.6) is 0 Å². The van der Waals surface area contributed by atoms with Crippen LogP contribution in [-0.2, 0) is 4.74 Å². The molecule has 2 nitrogen and oxygen atoms in total. The van der Waals surface area contributed by atoms with Crippen molar-refractivity contribution in [3.05, 3.63) is 0 Å². The summed E-state index contributed by atoms with van der Waals surface area (Å²) >= 11 is 0.